The highest BCUT2D eigenvalue weighted by Crippen LogP contribution is 2.33. The molecule has 1 aliphatic heterocycles. The van der Waals surface area contributed by atoms with E-state index in [0.717, 1.165) is 22.6 Å². The largest absolute Gasteiger partial charge is 0.497 e. The van der Waals surface area contributed by atoms with Crippen molar-refractivity contribution in [2.24, 2.45) is 5.10 Å². The van der Waals surface area contributed by atoms with Crippen LogP contribution in [-0.4, -0.2) is 30.3 Å². The lowest BCUT2D eigenvalue weighted by molar-refractivity contribution is -0.135. The maximum absolute atomic E-state index is 13.0. The average molecular weight is 386 g/mol. The normalized spacial score (nSPS) is 15.7. The SMILES string of the molecule is COc1ccc([C@@H]2CC(c3ccccc3)=NN2C(=O)COc2ccccc2)cc1. The van der Waals surface area contributed by atoms with Gasteiger partial charge in [0, 0.05) is 6.42 Å². The summed E-state index contributed by atoms with van der Waals surface area (Å²) in [7, 11) is 1.64. The van der Waals surface area contributed by atoms with Crippen LogP contribution in [-0.2, 0) is 4.79 Å². The zero-order chi connectivity index (χ0) is 20.1. The van der Waals surface area contributed by atoms with Gasteiger partial charge in [0.15, 0.2) is 6.61 Å². The number of rotatable bonds is 6. The highest BCUT2D eigenvalue weighted by Gasteiger charge is 2.33. The third-order valence-electron chi connectivity index (χ3n) is 4.88. The van der Waals surface area contributed by atoms with Crippen molar-refractivity contribution in [1.29, 1.82) is 0 Å². The third-order valence-corrected chi connectivity index (χ3v) is 4.88. The summed E-state index contributed by atoms with van der Waals surface area (Å²) in [5, 5.41) is 6.21. The van der Waals surface area contributed by atoms with E-state index >= 15 is 0 Å². The molecule has 1 amide bonds. The second kappa shape index (κ2) is 8.61. The molecule has 0 spiro atoms. The minimum absolute atomic E-state index is 0.0672. The molecule has 5 nitrogen and oxygen atoms in total. The van der Waals surface area contributed by atoms with Crippen LogP contribution in [0, 0.1) is 0 Å². The number of hydrogen-bond acceptors (Lipinski definition) is 4. The van der Waals surface area contributed by atoms with Crippen molar-refractivity contribution in [1.82, 2.24) is 5.01 Å². The summed E-state index contributed by atoms with van der Waals surface area (Å²) in [5.41, 5.74) is 2.92. The van der Waals surface area contributed by atoms with E-state index in [1.54, 1.807) is 12.1 Å². The van der Waals surface area contributed by atoms with Gasteiger partial charge in [0.05, 0.1) is 18.9 Å². The first-order valence-electron chi connectivity index (χ1n) is 9.51. The Kier molecular flexibility index (Phi) is 5.56. The molecule has 0 aromatic heterocycles. The fourth-order valence-corrected chi connectivity index (χ4v) is 3.36. The summed E-state index contributed by atoms with van der Waals surface area (Å²) in [5.74, 6) is 1.26. The van der Waals surface area contributed by atoms with Crippen molar-refractivity contribution in [3.63, 3.8) is 0 Å². The summed E-state index contributed by atoms with van der Waals surface area (Å²) < 4.78 is 10.9. The van der Waals surface area contributed by atoms with Crippen molar-refractivity contribution in [2.75, 3.05) is 13.7 Å². The number of carbonyl (C=O) groups excluding carboxylic acids is 1. The molecule has 0 saturated carbocycles. The monoisotopic (exact) mass is 386 g/mol. The molecule has 29 heavy (non-hydrogen) atoms. The van der Waals surface area contributed by atoms with Gasteiger partial charge in [-0.25, -0.2) is 5.01 Å². The standard InChI is InChI=1S/C24H22N2O3/c1-28-20-14-12-19(13-15-20)23-16-22(18-8-4-2-5-9-18)25-26(23)24(27)17-29-21-10-6-3-7-11-21/h2-15,23H,16-17H2,1H3/t23-/m0/s1. The third kappa shape index (κ3) is 4.29. The van der Waals surface area contributed by atoms with Gasteiger partial charge in [-0.3, -0.25) is 4.79 Å². The summed E-state index contributed by atoms with van der Waals surface area (Å²) in [6.45, 7) is -0.0672. The average Bonchev–Trinajstić information content (AvgIpc) is 3.24. The topological polar surface area (TPSA) is 51.1 Å². The number of carbonyl (C=O) groups is 1. The van der Waals surface area contributed by atoms with Gasteiger partial charge in [-0.05, 0) is 35.4 Å². The van der Waals surface area contributed by atoms with E-state index in [0.29, 0.717) is 12.2 Å². The van der Waals surface area contributed by atoms with Crippen LogP contribution >= 0.6 is 0 Å². The molecule has 0 aliphatic carbocycles. The summed E-state index contributed by atoms with van der Waals surface area (Å²) in [6.07, 6.45) is 0.646. The molecule has 3 aromatic rings. The van der Waals surface area contributed by atoms with Crippen LogP contribution in [0.5, 0.6) is 11.5 Å². The van der Waals surface area contributed by atoms with Gasteiger partial charge in [0.2, 0.25) is 0 Å². The van der Waals surface area contributed by atoms with Crippen LogP contribution in [0.2, 0.25) is 0 Å². The smallest absolute Gasteiger partial charge is 0.281 e. The van der Waals surface area contributed by atoms with Gasteiger partial charge < -0.3 is 9.47 Å². The molecule has 0 fully saturated rings. The molecule has 0 N–H and O–H groups in total. The number of amides is 1. The van der Waals surface area contributed by atoms with Crippen LogP contribution in [0.15, 0.2) is 90.0 Å². The Morgan fingerprint density at radius 1 is 0.931 bits per heavy atom. The second-order valence-electron chi connectivity index (χ2n) is 6.75. The molecule has 1 aliphatic rings. The predicted octanol–water partition coefficient (Wildman–Crippen LogP) is 4.45. The summed E-state index contributed by atoms with van der Waals surface area (Å²) in [6, 6.07) is 26.8. The van der Waals surface area contributed by atoms with Crippen LogP contribution in [0.1, 0.15) is 23.6 Å². The Hall–Kier alpha value is -3.60. The van der Waals surface area contributed by atoms with Gasteiger partial charge >= 0.3 is 0 Å². The number of methoxy groups -OCH3 is 1. The summed E-state index contributed by atoms with van der Waals surface area (Å²) in [4.78, 5) is 13.0. The Morgan fingerprint density at radius 3 is 2.24 bits per heavy atom. The van der Waals surface area contributed by atoms with Gasteiger partial charge in [0.1, 0.15) is 11.5 Å². The van der Waals surface area contributed by atoms with E-state index in [1.807, 2.05) is 84.9 Å². The summed E-state index contributed by atoms with van der Waals surface area (Å²) >= 11 is 0. The molecule has 1 heterocycles. The highest BCUT2D eigenvalue weighted by molar-refractivity contribution is 6.03. The van der Waals surface area contributed by atoms with Crippen LogP contribution in [0.3, 0.4) is 0 Å². The first kappa shape index (κ1) is 18.7. The van der Waals surface area contributed by atoms with Gasteiger partial charge in [-0.2, -0.15) is 5.10 Å². The number of benzene rings is 3. The van der Waals surface area contributed by atoms with Crippen molar-refractivity contribution in [2.45, 2.75) is 12.5 Å². The van der Waals surface area contributed by atoms with Gasteiger partial charge in [0.25, 0.3) is 5.91 Å². The number of nitrogens with zero attached hydrogens (tertiary/aromatic N) is 2. The number of hydrogen-bond donors (Lipinski definition) is 0. The lowest BCUT2D eigenvalue weighted by atomic mass is 9.98. The second-order valence-corrected chi connectivity index (χ2v) is 6.75. The number of hydrazone groups is 1. The Morgan fingerprint density at radius 2 is 1.59 bits per heavy atom. The minimum Gasteiger partial charge on any atom is -0.497 e. The highest BCUT2D eigenvalue weighted by atomic mass is 16.5. The van der Waals surface area contributed by atoms with Crippen LogP contribution in [0.25, 0.3) is 0 Å². The van der Waals surface area contributed by atoms with Crippen molar-refractivity contribution < 1.29 is 14.3 Å². The first-order valence-corrected chi connectivity index (χ1v) is 9.51. The molecule has 0 bridgehead atoms. The lowest BCUT2D eigenvalue weighted by Crippen LogP contribution is -2.31. The fraction of sp³-hybridized carbons (Fsp3) is 0.167. The van der Waals surface area contributed by atoms with Crippen LogP contribution in [0.4, 0.5) is 0 Å². The Labute approximate surface area is 170 Å². The fourth-order valence-electron chi connectivity index (χ4n) is 3.36. The molecule has 4 rings (SSSR count). The predicted molar refractivity (Wildman–Crippen MR) is 112 cm³/mol. The van der Waals surface area contributed by atoms with Crippen molar-refractivity contribution in [3.05, 3.63) is 96.1 Å². The Balaban J connectivity index is 1.57. The molecular weight excluding hydrogens is 364 g/mol. The van der Waals surface area contributed by atoms with E-state index in [-0.39, 0.29) is 18.6 Å². The van der Waals surface area contributed by atoms with Gasteiger partial charge in [-0.15, -0.1) is 0 Å². The molecule has 5 heteroatoms. The minimum atomic E-state index is -0.180. The quantitative estimate of drug-likeness (QED) is 0.629. The zero-order valence-electron chi connectivity index (χ0n) is 16.2. The van der Waals surface area contributed by atoms with Crippen molar-refractivity contribution in [3.8, 4) is 11.5 Å². The molecule has 0 saturated heterocycles. The van der Waals surface area contributed by atoms with E-state index in [4.69, 9.17) is 9.47 Å². The maximum Gasteiger partial charge on any atom is 0.281 e. The molecule has 0 radical (unpaired) electrons. The maximum atomic E-state index is 13.0. The molecule has 146 valence electrons. The Bertz CT molecular complexity index is 986. The molecule has 1 atom stereocenters. The van der Waals surface area contributed by atoms with E-state index < -0.39 is 0 Å². The number of ether oxygens (including phenoxy) is 2. The van der Waals surface area contributed by atoms with Crippen molar-refractivity contribution >= 4 is 11.6 Å². The molecule has 3 aromatic carbocycles. The lowest BCUT2D eigenvalue weighted by Gasteiger charge is -2.22. The van der Waals surface area contributed by atoms with E-state index in [9.17, 15) is 4.79 Å². The van der Waals surface area contributed by atoms with Crippen LogP contribution < -0.4 is 9.47 Å². The zero-order valence-corrected chi connectivity index (χ0v) is 16.2. The van der Waals surface area contributed by atoms with Gasteiger partial charge in [-0.1, -0.05) is 60.7 Å². The number of para-hydroxylation sites is 1. The molecule has 0 unspecified atom stereocenters. The van der Waals surface area contributed by atoms with E-state index in [1.165, 1.54) is 0 Å². The molecular formula is C24H22N2O3. The first-order chi connectivity index (χ1) is 14.2. The van der Waals surface area contributed by atoms with E-state index in [2.05, 4.69) is 5.10 Å².